The Morgan fingerprint density at radius 3 is 2.68 bits per heavy atom. The predicted molar refractivity (Wildman–Crippen MR) is 145 cm³/mol. The maximum Gasteiger partial charge on any atom is 0.341 e. The van der Waals surface area contributed by atoms with Crippen LogP contribution in [0, 0.1) is 0 Å². The van der Waals surface area contributed by atoms with E-state index >= 15 is 0 Å². The van der Waals surface area contributed by atoms with Gasteiger partial charge in [0.25, 0.3) is 5.91 Å². The highest BCUT2D eigenvalue weighted by Gasteiger charge is 2.28. The Labute approximate surface area is 222 Å². The van der Waals surface area contributed by atoms with Gasteiger partial charge in [-0.25, -0.2) is 13.2 Å². The van der Waals surface area contributed by atoms with Crippen LogP contribution in [0.4, 0.5) is 5.00 Å². The maximum absolute atomic E-state index is 12.7. The van der Waals surface area contributed by atoms with Gasteiger partial charge in [-0.2, -0.15) is 4.99 Å². The molecule has 0 unspecified atom stereocenters. The molecular weight excluding hydrogens is 534 g/mol. The molecule has 1 aliphatic carbocycles. The van der Waals surface area contributed by atoms with E-state index < -0.39 is 39.1 Å². The summed E-state index contributed by atoms with van der Waals surface area (Å²) in [5.74, 6) is -4.03. The summed E-state index contributed by atoms with van der Waals surface area (Å²) >= 11 is 2.54. The number of hydrogen-bond donors (Lipinski definition) is 1. The molecule has 0 bridgehead atoms. The Morgan fingerprint density at radius 1 is 1.16 bits per heavy atom. The van der Waals surface area contributed by atoms with E-state index in [1.807, 2.05) is 24.3 Å². The lowest BCUT2D eigenvalue weighted by Gasteiger charge is -2.12. The highest BCUT2D eigenvalue weighted by atomic mass is 32.2. The molecule has 0 radical (unpaired) electrons. The molecule has 1 N–H and O–H groups in total. The summed E-state index contributed by atoms with van der Waals surface area (Å²) in [6.45, 7) is 6.01. The minimum absolute atomic E-state index is 0.184. The lowest BCUT2D eigenvalue weighted by Crippen LogP contribution is -2.28. The number of sulfone groups is 1. The zero-order valence-electron chi connectivity index (χ0n) is 20.3. The lowest BCUT2D eigenvalue weighted by molar-refractivity contribution is -0.115. The third-order valence-electron chi connectivity index (χ3n) is 5.72. The predicted octanol–water partition coefficient (Wildman–Crippen LogP) is 3.49. The Hall–Kier alpha value is -3.09. The van der Waals surface area contributed by atoms with Crippen LogP contribution in [-0.2, 0) is 43.5 Å². The van der Waals surface area contributed by atoms with Crippen LogP contribution in [0.15, 0.2) is 41.9 Å². The number of thiazole rings is 1. The number of aryl methyl sites for hydroxylation is 1. The van der Waals surface area contributed by atoms with Gasteiger partial charge in [0.15, 0.2) is 14.6 Å². The van der Waals surface area contributed by atoms with Gasteiger partial charge in [0.1, 0.15) is 16.5 Å². The van der Waals surface area contributed by atoms with E-state index in [4.69, 9.17) is 4.74 Å². The standard InChI is InChI=1S/C25H27N3O6S3/c1-3-13-28-17-10-6-8-12-19(17)36-25(28)27-21(30)15-37(32,33)14-20(29)26-23-22(24(31)34-4-2)16-9-5-7-11-18(16)35-23/h3,6,8,10,12H,1,4-5,7,9,11,13-15H2,2H3,(H,26,29). The van der Waals surface area contributed by atoms with Crippen molar-refractivity contribution in [2.45, 2.75) is 39.2 Å². The van der Waals surface area contributed by atoms with Crippen molar-refractivity contribution in [3.8, 4) is 0 Å². The molecule has 12 heteroatoms. The number of allylic oxidation sites excluding steroid dienone is 1. The van der Waals surface area contributed by atoms with Gasteiger partial charge in [0, 0.05) is 11.4 Å². The fraction of sp³-hybridized carbons (Fsp3) is 0.360. The summed E-state index contributed by atoms with van der Waals surface area (Å²) in [4.78, 5) is 43.2. The molecule has 2 aromatic heterocycles. The van der Waals surface area contributed by atoms with E-state index in [0.29, 0.717) is 23.3 Å². The number of esters is 1. The molecule has 1 aromatic carbocycles. The quantitative estimate of drug-likeness (QED) is 0.315. The van der Waals surface area contributed by atoms with Gasteiger partial charge in [0.2, 0.25) is 5.91 Å². The van der Waals surface area contributed by atoms with Crippen LogP contribution in [0.25, 0.3) is 10.2 Å². The number of ether oxygens (including phenoxy) is 1. The molecule has 9 nitrogen and oxygen atoms in total. The topological polar surface area (TPSA) is 124 Å². The number of thiophene rings is 1. The second kappa shape index (κ2) is 11.5. The average molecular weight is 562 g/mol. The first-order chi connectivity index (χ1) is 17.7. The van der Waals surface area contributed by atoms with E-state index in [9.17, 15) is 22.8 Å². The Morgan fingerprint density at radius 2 is 1.92 bits per heavy atom. The van der Waals surface area contributed by atoms with Gasteiger partial charge in [-0.15, -0.1) is 17.9 Å². The first-order valence-electron chi connectivity index (χ1n) is 11.8. The number of fused-ring (bicyclic) bond motifs is 2. The largest absolute Gasteiger partial charge is 0.462 e. The first-order valence-corrected chi connectivity index (χ1v) is 15.3. The molecule has 196 valence electrons. The number of rotatable bonds is 9. The molecule has 0 fully saturated rings. The maximum atomic E-state index is 12.7. The first kappa shape index (κ1) is 27.0. The van der Waals surface area contributed by atoms with Gasteiger partial charge in [-0.1, -0.05) is 29.5 Å². The van der Waals surface area contributed by atoms with E-state index in [2.05, 4.69) is 16.9 Å². The number of benzene rings is 1. The zero-order valence-corrected chi connectivity index (χ0v) is 22.8. The van der Waals surface area contributed by atoms with Crippen molar-refractivity contribution in [3.63, 3.8) is 0 Å². The van der Waals surface area contributed by atoms with Crippen LogP contribution in [0.2, 0.25) is 0 Å². The van der Waals surface area contributed by atoms with Gasteiger partial charge >= 0.3 is 5.97 Å². The van der Waals surface area contributed by atoms with Crippen LogP contribution >= 0.6 is 22.7 Å². The van der Waals surface area contributed by atoms with Crippen molar-refractivity contribution < 1.29 is 27.5 Å². The molecule has 4 rings (SSSR count). The molecule has 37 heavy (non-hydrogen) atoms. The molecule has 2 amide bonds. The molecule has 3 aromatic rings. The zero-order chi connectivity index (χ0) is 26.6. The van der Waals surface area contributed by atoms with Gasteiger partial charge in [0.05, 0.1) is 22.4 Å². The van der Waals surface area contributed by atoms with Crippen molar-refractivity contribution >= 4 is 65.5 Å². The van der Waals surface area contributed by atoms with Crippen molar-refractivity contribution in [2.24, 2.45) is 4.99 Å². The third kappa shape index (κ3) is 6.25. The fourth-order valence-electron chi connectivity index (χ4n) is 4.23. The van der Waals surface area contributed by atoms with Crippen LogP contribution in [-0.4, -0.2) is 48.9 Å². The average Bonchev–Trinajstić information content (AvgIpc) is 3.36. The van der Waals surface area contributed by atoms with Crippen molar-refractivity contribution in [2.75, 3.05) is 23.4 Å². The number of anilines is 1. The molecule has 0 atom stereocenters. The number of hydrogen-bond acceptors (Lipinski definition) is 8. The second-order valence-electron chi connectivity index (χ2n) is 8.47. The molecule has 2 heterocycles. The second-order valence-corrected chi connectivity index (χ2v) is 12.7. The number of nitrogens with one attached hydrogen (secondary N) is 1. The third-order valence-corrected chi connectivity index (χ3v) is 9.37. The van der Waals surface area contributed by atoms with Crippen LogP contribution in [0.1, 0.15) is 40.6 Å². The minimum atomic E-state index is -4.11. The summed E-state index contributed by atoms with van der Waals surface area (Å²) in [7, 11) is -4.11. The molecule has 0 saturated carbocycles. The summed E-state index contributed by atoms with van der Waals surface area (Å²) in [5.41, 5.74) is 2.02. The number of nitrogens with zero attached hydrogens (tertiary/aromatic N) is 2. The Kier molecular flexibility index (Phi) is 8.40. The van der Waals surface area contributed by atoms with E-state index in [0.717, 1.165) is 39.9 Å². The normalized spacial score (nSPS) is 13.8. The van der Waals surface area contributed by atoms with Crippen molar-refractivity contribution in [1.82, 2.24) is 4.57 Å². The lowest BCUT2D eigenvalue weighted by atomic mass is 9.95. The minimum Gasteiger partial charge on any atom is -0.462 e. The van der Waals surface area contributed by atoms with Crippen LogP contribution in [0.5, 0.6) is 0 Å². The number of aromatic nitrogens is 1. The van der Waals surface area contributed by atoms with Gasteiger partial charge < -0.3 is 14.6 Å². The Bertz CT molecular complexity index is 1550. The van der Waals surface area contributed by atoms with E-state index in [1.54, 1.807) is 17.6 Å². The fourth-order valence-corrected chi connectivity index (χ4v) is 7.59. The highest BCUT2D eigenvalue weighted by Crippen LogP contribution is 2.38. The van der Waals surface area contributed by atoms with Crippen molar-refractivity contribution in [3.05, 3.63) is 57.7 Å². The van der Waals surface area contributed by atoms with Gasteiger partial charge in [-0.05, 0) is 50.3 Å². The summed E-state index contributed by atoms with van der Waals surface area (Å²) < 4.78 is 33.2. The van der Waals surface area contributed by atoms with Gasteiger partial charge in [-0.3, -0.25) is 9.59 Å². The van der Waals surface area contributed by atoms with E-state index in [-0.39, 0.29) is 11.6 Å². The molecule has 0 spiro atoms. The summed E-state index contributed by atoms with van der Waals surface area (Å²) in [6, 6.07) is 7.49. The van der Waals surface area contributed by atoms with Crippen LogP contribution in [0.3, 0.4) is 0 Å². The molecule has 1 aliphatic rings. The monoisotopic (exact) mass is 561 g/mol. The number of carbonyl (C=O) groups excluding carboxylic acids is 3. The van der Waals surface area contributed by atoms with Crippen molar-refractivity contribution in [1.29, 1.82) is 0 Å². The smallest absolute Gasteiger partial charge is 0.341 e. The van der Waals surface area contributed by atoms with E-state index in [1.165, 1.54) is 22.7 Å². The SMILES string of the molecule is C=CCn1c(=NC(=O)CS(=O)(=O)CC(=O)Nc2sc3c(c2C(=O)OCC)CCCC3)sc2ccccc21. The number of carbonyl (C=O) groups is 3. The summed E-state index contributed by atoms with van der Waals surface area (Å²) in [5, 5.41) is 2.86. The van der Waals surface area contributed by atoms with Crippen LogP contribution < -0.4 is 10.1 Å². The Balaban J connectivity index is 1.50. The molecule has 0 aliphatic heterocycles. The molecular formula is C25H27N3O6S3. The number of para-hydroxylation sites is 1. The highest BCUT2D eigenvalue weighted by molar-refractivity contribution is 7.92. The summed E-state index contributed by atoms with van der Waals surface area (Å²) in [6.07, 6.45) is 5.07. The molecule has 0 saturated heterocycles. The number of amides is 2.